The highest BCUT2D eigenvalue weighted by molar-refractivity contribution is 5.36. The molecule has 0 amide bonds. The number of nitrogens with one attached hydrogen (secondary N) is 1. The van der Waals surface area contributed by atoms with Crippen molar-refractivity contribution in [2.75, 3.05) is 39.8 Å². The van der Waals surface area contributed by atoms with Crippen LogP contribution >= 0.6 is 0 Å². The first kappa shape index (κ1) is 12.4. The highest BCUT2D eigenvalue weighted by Gasteiger charge is 2.09. The van der Waals surface area contributed by atoms with Crippen molar-refractivity contribution in [1.82, 2.24) is 10.2 Å². The van der Waals surface area contributed by atoms with Gasteiger partial charge in [0, 0.05) is 32.7 Å². The van der Waals surface area contributed by atoms with Gasteiger partial charge in [-0.25, -0.2) is 0 Å². The zero-order valence-corrected chi connectivity index (χ0v) is 10.8. The molecule has 0 saturated carbocycles. The van der Waals surface area contributed by atoms with Crippen LogP contribution in [-0.4, -0.2) is 44.7 Å². The van der Waals surface area contributed by atoms with Crippen molar-refractivity contribution in [3.05, 3.63) is 29.3 Å². The lowest BCUT2D eigenvalue weighted by Gasteiger charge is -2.27. The Hall–Kier alpha value is -1.06. The highest BCUT2D eigenvalue weighted by atomic mass is 16.5. The highest BCUT2D eigenvalue weighted by Crippen LogP contribution is 2.19. The molecule has 1 fully saturated rings. The number of nitrogens with zero attached hydrogens (tertiary/aromatic N) is 1. The van der Waals surface area contributed by atoms with Crippen LogP contribution in [0.4, 0.5) is 0 Å². The van der Waals surface area contributed by atoms with Crippen molar-refractivity contribution in [3.8, 4) is 5.75 Å². The van der Waals surface area contributed by atoms with Crippen LogP contribution in [0.25, 0.3) is 0 Å². The molecule has 3 heteroatoms. The van der Waals surface area contributed by atoms with Gasteiger partial charge in [0.15, 0.2) is 0 Å². The molecule has 17 heavy (non-hydrogen) atoms. The summed E-state index contributed by atoms with van der Waals surface area (Å²) < 4.78 is 5.35. The van der Waals surface area contributed by atoms with Gasteiger partial charge in [-0.15, -0.1) is 0 Å². The lowest BCUT2D eigenvalue weighted by molar-refractivity contribution is 0.244. The third kappa shape index (κ3) is 3.45. The van der Waals surface area contributed by atoms with Gasteiger partial charge in [-0.2, -0.15) is 0 Å². The summed E-state index contributed by atoms with van der Waals surface area (Å²) in [6.45, 7) is 7.81. The molecule has 2 rings (SSSR count). The summed E-state index contributed by atoms with van der Waals surface area (Å²) in [6, 6.07) is 6.52. The van der Waals surface area contributed by atoms with E-state index in [9.17, 15) is 0 Å². The van der Waals surface area contributed by atoms with E-state index in [1.54, 1.807) is 7.11 Å². The molecule has 1 aliphatic rings. The van der Waals surface area contributed by atoms with Gasteiger partial charge in [0.2, 0.25) is 0 Å². The Labute approximate surface area is 104 Å². The molecular weight excluding hydrogens is 212 g/mol. The molecule has 1 heterocycles. The Bertz CT molecular complexity index is 359. The maximum absolute atomic E-state index is 5.35. The molecule has 94 valence electrons. The van der Waals surface area contributed by atoms with Crippen LogP contribution < -0.4 is 10.1 Å². The fraction of sp³-hybridized carbons (Fsp3) is 0.571. The topological polar surface area (TPSA) is 24.5 Å². The molecule has 3 nitrogen and oxygen atoms in total. The van der Waals surface area contributed by atoms with Gasteiger partial charge in [0.05, 0.1) is 7.11 Å². The van der Waals surface area contributed by atoms with E-state index in [4.69, 9.17) is 4.74 Å². The molecular formula is C14H22N2O. The van der Waals surface area contributed by atoms with Crippen molar-refractivity contribution >= 4 is 0 Å². The second-order valence-corrected chi connectivity index (χ2v) is 4.65. The summed E-state index contributed by atoms with van der Waals surface area (Å²) in [7, 11) is 1.74. The lowest BCUT2D eigenvalue weighted by Crippen LogP contribution is -2.44. The average Bonchev–Trinajstić information content (AvgIpc) is 2.39. The van der Waals surface area contributed by atoms with E-state index in [0.717, 1.165) is 31.8 Å². The van der Waals surface area contributed by atoms with Gasteiger partial charge in [-0.1, -0.05) is 12.1 Å². The van der Waals surface area contributed by atoms with Crippen molar-refractivity contribution in [2.45, 2.75) is 13.3 Å². The molecule has 0 radical (unpaired) electrons. The largest absolute Gasteiger partial charge is 0.496 e. The molecule has 1 N–H and O–H groups in total. The summed E-state index contributed by atoms with van der Waals surface area (Å²) >= 11 is 0. The smallest absolute Gasteiger partial charge is 0.122 e. The van der Waals surface area contributed by atoms with E-state index in [1.807, 2.05) is 0 Å². The predicted molar refractivity (Wildman–Crippen MR) is 70.7 cm³/mol. The number of rotatable bonds is 4. The summed E-state index contributed by atoms with van der Waals surface area (Å²) in [5.74, 6) is 1.00. The van der Waals surface area contributed by atoms with Gasteiger partial charge in [0.1, 0.15) is 5.75 Å². The maximum atomic E-state index is 5.35. The number of hydrogen-bond acceptors (Lipinski definition) is 3. The van der Waals surface area contributed by atoms with E-state index in [-0.39, 0.29) is 0 Å². The first-order valence-corrected chi connectivity index (χ1v) is 6.36. The van der Waals surface area contributed by atoms with Crippen molar-refractivity contribution in [2.24, 2.45) is 0 Å². The first-order chi connectivity index (χ1) is 8.29. The maximum Gasteiger partial charge on any atom is 0.122 e. The number of piperazine rings is 1. The number of benzene rings is 1. The van der Waals surface area contributed by atoms with Gasteiger partial charge >= 0.3 is 0 Å². The molecule has 0 atom stereocenters. The summed E-state index contributed by atoms with van der Waals surface area (Å²) in [4.78, 5) is 2.52. The third-order valence-electron chi connectivity index (χ3n) is 3.40. The van der Waals surface area contributed by atoms with E-state index >= 15 is 0 Å². The minimum atomic E-state index is 1.00. The van der Waals surface area contributed by atoms with Crippen LogP contribution in [0.1, 0.15) is 11.1 Å². The second-order valence-electron chi connectivity index (χ2n) is 4.65. The van der Waals surface area contributed by atoms with Crippen molar-refractivity contribution in [1.29, 1.82) is 0 Å². The minimum Gasteiger partial charge on any atom is -0.496 e. The standard InChI is InChI=1S/C14H22N2O/c1-12-3-4-13(11-14(12)17-2)5-8-16-9-6-15-7-10-16/h3-4,11,15H,5-10H2,1-2H3. The molecule has 0 aliphatic carbocycles. The monoisotopic (exact) mass is 234 g/mol. The zero-order valence-electron chi connectivity index (χ0n) is 10.8. The molecule has 1 saturated heterocycles. The van der Waals surface area contributed by atoms with E-state index in [2.05, 4.69) is 35.3 Å². The molecule has 1 aliphatic heterocycles. The van der Waals surface area contributed by atoms with Crippen LogP contribution in [0.3, 0.4) is 0 Å². The number of ether oxygens (including phenoxy) is 1. The summed E-state index contributed by atoms with van der Waals surface area (Å²) in [5, 5.41) is 3.38. The average molecular weight is 234 g/mol. The van der Waals surface area contributed by atoms with E-state index < -0.39 is 0 Å². The van der Waals surface area contributed by atoms with E-state index in [0.29, 0.717) is 0 Å². The quantitative estimate of drug-likeness (QED) is 0.853. The Morgan fingerprint density at radius 1 is 1.29 bits per heavy atom. The number of hydrogen-bond donors (Lipinski definition) is 1. The van der Waals surface area contributed by atoms with Crippen molar-refractivity contribution < 1.29 is 4.74 Å². The number of aryl methyl sites for hydroxylation is 1. The summed E-state index contributed by atoms with van der Waals surface area (Å²) in [6.07, 6.45) is 1.11. The Balaban J connectivity index is 1.89. The van der Waals surface area contributed by atoms with Crippen LogP contribution in [0.15, 0.2) is 18.2 Å². The fourth-order valence-corrected chi connectivity index (χ4v) is 2.24. The van der Waals surface area contributed by atoms with Gasteiger partial charge in [0.25, 0.3) is 0 Å². The molecule has 1 aromatic rings. The Morgan fingerprint density at radius 2 is 2.06 bits per heavy atom. The Morgan fingerprint density at radius 3 is 2.76 bits per heavy atom. The second kappa shape index (κ2) is 6.03. The molecule has 0 aromatic heterocycles. The van der Waals surface area contributed by atoms with Crippen molar-refractivity contribution in [3.63, 3.8) is 0 Å². The van der Waals surface area contributed by atoms with Gasteiger partial charge in [-0.05, 0) is 30.5 Å². The normalized spacial score (nSPS) is 17.1. The van der Waals surface area contributed by atoms with Crippen LogP contribution in [-0.2, 0) is 6.42 Å². The fourth-order valence-electron chi connectivity index (χ4n) is 2.24. The molecule has 0 bridgehead atoms. The molecule has 1 aromatic carbocycles. The first-order valence-electron chi connectivity index (χ1n) is 6.36. The molecule has 0 unspecified atom stereocenters. The van der Waals surface area contributed by atoms with E-state index in [1.165, 1.54) is 24.2 Å². The SMILES string of the molecule is COc1cc(CCN2CCNCC2)ccc1C. The van der Waals surface area contributed by atoms with Crippen LogP contribution in [0.2, 0.25) is 0 Å². The van der Waals surface area contributed by atoms with Gasteiger partial charge in [-0.3, -0.25) is 0 Å². The predicted octanol–water partition coefficient (Wildman–Crippen LogP) is 1.45. The van der Waals surface area contributed by atoms with Gasteiger partial charge < -0.3 is 15.0 Å². The number of methoxy groups -OCH3 is 1. The van der Waals surface area contributed by atoms with Crippen LogP contribution in [0.5, 0.6) is 5.75 Å². The Kier molecular flexibility index (Phi) is 4.40. The minimum absolute atomic E-state index is 1.00. The third-order valence-corrected chi connectivity index (χ3v) is 3.40. The molecule has 0 spiro atoms. The summed E-state index contributed by atoms with van der Waals surface area (Å²) in [5.41, 5.74) is 2.57. The zero-order chi connectivity index (χ0) is 12.1. The lowest BCUT2D eigenvalue weighted by atomic mass is 10.1. The van der Waals surface area contributed by atoms with Crippen LogP contribution in [0, 0.1) is 6.92 Å².